The van der Waals surface area contributed by atoms with Gasteiger partial charge in [0, 0.05) is 32.7 Å². The van der Waals surface area contributed by atoms with E-state index in [-0.39, 0.29) is 42.9 Å². The number of amides is 5. The lowest BCUT2D eigenvalue weighted by Gasteiger charge is -2.30. The van der Waals surface area contributed by atoms with Crippen molar-refractivity contribution in [2.75, 3.05) is 6.54 Å². The number of nitrogens with zero attached hydrogens (tertiary/aromatic N) is 1. The van der Waals surface area contributed by atoms with Crippen molar-refractivity contribution in [3.8, 4) is 11.5 Å². The number of ether oxygens (including phenoxy) is 1. The van der Waals surface area contributed by atoms with E-state index in [0.29, 0.717) is 18.4 Å². The number of phenolic OH excluding ortho intramolecular Hbond substituents is 1. The van der Waals surface area contributed by atoms with Crippen LogP contribution in [0.25, 0.3) is 0 Å². The molecule has 4 aromatic rings. The lowest BCUT2D eigenvalue weighted by molar-refractivity contribution is -0.141. The number of hydrogen-bond donors (Lipinski definition) is 5. The van der Waals surface area contributed by atoms with E-state index in [4.69, 9.17) is 10.5 Å². The second-order valence-electron chi connectivity index (χ2n) is 13.1. The number of rotatable bonds is 15. The summed E-state index contributed by atoms with van der Waals surface area (Å²) in [5.41, 5.74) is 7.87. The van der Waals surface area contributed by atoms with Gasteiger partial charge in [0.15, 0.2) is 0 Å². The SMILES string of the molecule is CC(=O)Oc1ccccc1C(=O)N[C@@H](Cc1ccc(O)cc1)C(=O)N1CCC[C@H]1C(=O)N[C@@H](Cc1ccccc1)C(=O)N[C@@H](Cc1ccccc1)C(N)=O. The molecule has 0 bridgehead atoms. The van der Waals surface area contributed by atoms with E-state index in [1.807, 2.05) is 48.5 Å². The number of carbonyl (C=O) groups excluding carboxylic acids is 6. The van der Waals surface area contributed by atoms with Gasteiger partial charge in [-0.25, -0.2) is 0 Å². The van der Waals surface area contributed by atoms with Crippen LogP contribution in [0.2, 0.25) is 0 Å². The van der Waals surface area contributed by atoms with Gasteiger partial charge in [0.05, 0.1) is 5.56 Å². The Bertz CT molecular complexity index is 1960. The number of primary amides is 1. The van der Waals surface area contributed by atoms with Gasteiger partial charge in [-0.05, 0) is 53.8 Å². The lowest BCUT2D eigenvalue weighted by Crippen LogP contribution is -2.58. The van der Waals surface area contributed by atoms with Crippen LogP contribution in [-0.2, 0) is 43.2 Å². The quantitative estimate of drug-likeness (QED) is 0.0908. The van der Waals surface area contributed by atoms with Crippen molar-refractivity contribution in [2.45, 2.75) is 63.2 Å². The number of likely N-dealkylation sites (tertiary alicyclic amines) is 1. The predicted molar refractivity (Wildman–Crippen MR) is 199 cm³/mol. The van der Waals surface area contributed by atoms with Crippen LogP contribution in [0, 0.1) is 0 Å². The molecular formula is C41H43N5O8. The Morgan fingerprint density at radius 3 is 1.89 bits per heavy atom. The summed E-state index contributed by atoms with van der Waals surface area (Å²) in [4.78, 5) is 81.3. The molecule has 4 aromatic carbocycles. The second-order valence-corrected chi connectivity index (χ2v) is 13.1. The summed E-state index contributed by atoms with van der Waals surface area (Å²) in [5, 5.41) is 18.1. The molecule has 0 spiro atoms. The molecule has 0 unspecified atom stereocenters. The van der Waals surface area contributed by atoms with Crippen LogP contribution in [0.4, 0.5) is 0 Å². The highest BCUT2D eigenvalue weighted by Crippen LogP contribution is 2.23. The smallest absolute Gasteiger partial charge is 0.308 e. The van der Waals surface area contributed by atoms with Crippen molar-refractivity contribution in [3.05, 3.63) is 131 Å². The fraction of sp³-hybridized carbons (Fsp3) is 0.268. The number of esters is 1. The van der Waals surface area contributed by atoms with E-state index < -0.39 is 59.7 Å². The minimum Gasteiger partial charge on any atom is -0.508 e. The molecule has 1 saturated heterocycles. The first-order valence-electron chi connectivity index (χ1n) is 17.6. The predicted octanol–water partition coefficient (Wildman–Crippen LogP) is 2.59. The van der Waals surface area contributed by atoms with Gasteiger partial charge in [0.1, 0.15) is 35.7 Å². The second kappa shape index (κ2) is 18.3. The van der Waals surface area contributed by atoms with Crippen LogP contribution in [0.15, 0.2) is 109 Å². The fourth-order valence-corrected chi connectivity index (χ4v) is 6.38. The molecule has 0 aliphatic carbocycles. The lowest BCUT2D eigenvalue weighted by atomic mass is 10.0. The minimum absolute atomic E-state index is 0.0143. The van der Waals surface area contributed by atoms with Crippen molar-refractivity contribution >= 4 is 35.5 Å². The average molecular weight is 734 g/mol. The van der Waals surface area contributed by atoms with Gasteiger partial charge in [-0.15, -0.1) is 0 Å². The Kier molecular flexibility index (Phi) is 13.1. The van der Waals surface area contributed by atoms with Gasteiger partial charge in [-0.3, -0.25) is 28.8 Å². The van der Waals surface area contributed by atoms with Gasteiger partial charge >= 0.3 is 5.97 Å². The third-order valence-electron chi connectivity index (χ3n) is 9.06. The molecule has 0 radical (unpaired) electrons. The van der Waals surface area contributed by atoms with E-state index in [2.05, 4.69) is 16.0 Å². The molecule has 5 rings (SSSR count). The molecule has 1 fully saturated rings. The molecule has 13 heteroatoms. The first kappa shape index (κ1) is 38.7. The number of aromatic hydroxyl groups is 1. The molecule has 5 amide bonds. The molecule has 4 atom stereocenters. The summed E-state index contributed by atoms with van der Waals surface area (Å²) in [6, 6.07) is 26.1. The van der Waals surface area contributed by atoms with Crippen LogP contribution >= 0.6 is 0 Å². The number of nitrogens with one attached hydrogen (secondary N) is 3. The molecule has 1 heterocycles. The number of benzene rings is 4. The zero-order chi connectivity index (χ0) is 38.6. The standard InChI is InChI=1S/C41H43N5O8/c1-26(47)54-36-17-9-8-15-31(36)38(50)45-34(25-29-18-20-30(48)21-19-29)41(53)46-22-10-16-35(46)40(52)44-33(24-28-13-6-3-7-14-28)39(51)43-32(37(42)49)23-27-11-4-2-5-12-27/h2-9,11-15,17-21,32-35,48H,10,16,22-25H2,1H3,(H2,42,49)(H,43,51)(H,44,52)(H,45,50)/t32-,33-,34-,35-/m0/s1. The first-order chi connectivity index (χ1) is 26.0. The summed E-state index contributed by atoms with van der Waals surface area (Å²) in [7, 11) is 0. The van der Waals surface area contributed by atoms with Crippen molar-refractivity contribution < 1.29 is 38.6 Å². The average Bonchev–Trinajstić information content (AvgIpc) is 3.66. The zero-order valence-corrected chi connectivity index (χ0v) is 29.8. The van der Waals surface area contributed by atoms with E-state index in [0.717, 1.165) is 11.1 Å². The number of nitrogens with two attached hydrogens (primary N) is 1. The van der Waals surface area contributed by atoms with Gasteiger partial charge in [0.25, 0.3) is 5.91 Å². The van der Waals surface area contributed by atoms with Crippen LogP contribution in [-0.4, -0.2) is 76.2 Å². The third kappa shape index (κ3) is 10.5. The summed E-state index contributed by atoms with van der Waals surface area (Å²) in [6.07, 6.45) is 1.04. The molecule has 280 valence electrons. The van der Waals surface area contributed by atoms with Crippen LogP contribution in [0.5, 0.6) is 11.5 Å². The first-order valence-corrected chi connectivity index (χ1v) is 17.6. The van der Waals surface area contributed by atoms with Crippen LogP contribution in [0.3, 0.4) is 0 Å². The highest BCUT2D eigenvalue weighted by atomic mass is 16.5. The largest absolute Gasteiger partial charge is 0.508 e. The van der Waals surface area contributed by atoms with Crippen molar-refractivity contribution in [2.24, 2.45) is 5.73 Å². The highest BCUT2D eigenvalue weighted by Gasteiger charge is 2.39. The third-order valence-corrected chi connectivity index (χ3v) is 9.06. The Labute approximate surface area is 312 Å². The molecule has 0 aromatic heterocycles. The Balaban J connectivity index is 1.37. The highest BCUT2D eigenvalue weighted by molar-refractivity contribution is 6.01. The van der Waals surface area contributed by atoms with E-state index in [9.17, 15) is 33.9 Å². The van der Waals surface area contributed by atoms with E-state index >= 15 is 0 Å². The van der Waals surface area contributed by atoms with Crippen molar-refractivity contribution in [3.63, 3.8) is 0 Å². The Hall–Kier alpha value is -6.50. The molecule has 0 saturated carbocycles. The topological polar surface area (TPSA) is 197 Å². The summed E-state index contributed by atoms with van der Waals surface area (Å²) < 4.78 is 5.22. The van der Waals surface area contributed by atoms with Crippen LogP contribution in [0.1, 0.15) is 46.8 Å². The van der Waals surface area contributed by atoms with Crippen molar-refractivity contribution in [1.29, 1.82) is 0 Å². The maximum atomic E-state index is 14.3. The Morgan fingerprint density at radius 1 is 0.722 bits per heavy atom. The zero-order valence-electron chi connectivity index (χ0n) is 29.8. The molecule has 1 aliphatic rings. The van der Waals surface area contributed by atoms with Gasteiger partial charge in [-0.1, -0.05) is 84.9 Å². The molecular weight excluding hydrogens is 690 g/mol. The normalized spacial score (nSPS) is 15.3. The molecule has 1 aliphatic heterocycles. The maximum absolute atomic E-state index is 14.3. The Morgan fingerprint density at radius 2 is 1.28 bits per heavy atom. The number of hydrogen-bond acceptors (Lipinski definition) is 8. The van der Waals surface area contributed by atoms with E-state index in [1.165, 1.54) is 36.1 Å². The van der Waals surface area contributed by atoms with Gasteiger partial charge in [-0.2, -0.15) is 0 Å². The van der Waals surface area contributed by atoms with E-state index in [1.54, 1.807) is 36.4 Å². The summed E-state index contributed by atoms with van der Waals surface area (Å²) >= 11 is 0. The number of phenols is 1. The minimum atomic E-state index is -1.17. The summed E-state index contributed by atoms with van der Waals surface area (Å²) in [5.74, 6) is -3.74. The molecule has 6 N–H and O–H groups in total. The summed E-state index contributed by atoms with van der Waals surface area (Å²) in [6.45, 7) is 1.42. The number of carbonyl (C=O) groups is 6. The monoisotopic (exact) mass is 733 g/mol. The molecule has 54 heavy (non-hydrogen) atoms. The maximum Gasteiger partial charge on any atom is 0.308 e. The fourth-order valence-electron chi connectivity index (χ4n) is 6.38. The van der Waals surface area contributed by atoms with Gasteiger partial charge < -0.3 is 36.4 Å². The van der Waals surface area contributed by atoms with Crippen molar-refractivity contribution in [1.82, 2.24) is 20.9 Å². The number of para-hydroxylation sites is 1. The molecule has 13 nitrogen and oxygen atoms in total. The van der Waals surface area contributed by atoms with Crippen LogP contribution < -0.4 is 26.4 Å². The van der Waals surface area contributed by atoms with Gasteiger partial charge in [0.2, 0.25) is 23.6 Å².